The lowest BCUT2D eigenvalue weighted by atomic mass is 10.1. The van der Waals surface area contributed by atoms with Crippen molar-refractivity contribution in [3.63, 3.8) is 0 Å². The Balaban J connectivity index is 2.45. The topological polar surface area (TPSA) is 57.9 Å². The van der Waals surface area contributed by atoms with E-state index in [1.165, 1.54) is 30.3 Å². The van der Waals surface area contributed by atoms with Crippen LogP contribution < -0.4 is 0 Å². The molecule has 0 aliphatic rings. The number of hydrogen-bond donors (Lipinski definition) is 0. The van der Waals surface area contributed by atoms with E-state index in [4.69, 9.17) is 5.26 Å². The van der Waals surface area contributed by atoms with Crippen molar-refractivity contribution in [1.82, 2.24) is 0 Å². The molecule has 0 saturated heterocycles. The van der Waals surface area contributed by atoms with Crippen LogP contribution in [0.25, 0.3) is 0 Å². The Kier molecular flexibility index (Phi) is 3.81. The summed E-state index contributed by atoms with van der Waals surface area (Å²) in [6.45, 7) is 0. The molecule has 0 aliphatic heterocycles. The van der Waals surface area contributed by atoms with E-state index >= 15 is 0 Å². The molecule has 2 aromatic carbocycles. The minimum Gasteiger partial charge on any atom is -0.223 e. The van der Waals surface area contributed by atoms with Gasteiger partial charge in [-0.3, -0.25) is 0 Å². The third-order valence-corrected chi connectivity index (χ3v) is 4.41. The van der Waals surface area contributed by atoms with Crippen molar-refractivity contribution in [2.24, 2.45) is 0 Å². The van der Waals surface area contributed by atoms with E-state index in [0.29, 0.717) is 0 Å². The van der Waals surface area contributed by atoms with Crippen molar-refractivity contribution in [1.29, 1.82) is 5.26 Å². The standard InChI is InChI=1S/C14H9F2NO2S/c15-12-6-1-2-7-13(12)20(18,19)9-11-5-3-4-10(8-17)14(11)16/h1-7H,9H2. The van der Waals surface area contributed by atoms with Crippen LogP contribution in [0.5, 0.6) is 0 Å². The Morgan fingerprint density at radius 1 is 1.05 bits per heavy atom. The first-order chi connectivity index (χ1) is 9.45. The maximum Gasteiger partial charge on any atom is 0.185 e. The van der Waals surface area contributed by atoms with Crippen molar-refractivity contribution in [2.45, 2.75) is 10.6 Å². The Morgan fingerprint density at radius 3 is 2.40 bits per heavy atom. The van der Waals surface area contributed by atoms with Crippen molar-refractivity contribution >= 4 is 9.84 Å². The Bertz CT molecular complexity index is 795. The molecule has 2 aromatic rings. The van der Waals surface area contributed by atoms with Crippen molar-refractivity contribution in [2.75, 3.05) is 0 Å². The first kappa shape index (κ1) is 14.2. The van der Waals surface area contributed by atoms with E-state index in [9.17, 15) is 17.2 Å². The van der Waals surface area contributed by atoms with Gasteiger partial charge in [0.2, 0.25) is 0 Å². The van der Waals surface area contributed by atoms with Gasteiger partial charge in [0.05, 0.1) is 11.3 Å². The molecule has 6 heteroatoms. The summed E-state index contributed by atoms with van der Waals surface area (Å²) >= 11 is 0. The summed E-state index contributed by atoms with van der Waals surface area (Å²) in [4.78, 5) is -0.484. The average Bonchev–Trinajstić information content (AvgIpc) is 2.41. The molecule has 0 aromatic heterocycles. The number of sulfone groups is 1. The lowest BCUT2D eigenvalue weighted by Crippen LogP contribution is -2.09. The van der Waals surface area contributed by atoms with Gasteiger partial charge >= 0.3 is 0 Å². The van der Waals surface area contributed by atoms with Crippen LogP contribution in [-0.2, 0) is 15.6 Å². The van der Waals surface area contributed by atoms with E-state index in [1.807, 2.05) is 0 Å². The van der Waals surface area contributed by atoms with E-state index in [0.717, 1.165) is 12.1 Å². The van der Waals surface area contributed by atoms with Crippen LogP contribution in [0.15, 0.2) is 47.4 Å². The smallest absolute Gasteiger partial charge is 0.185 e. The van der Waals surface area contributed by atoms with Gasteiger partial charge in [-0.05, 0) is 18.2 Å². The number of hydrogen-bond acceptors (Lipinski definition) is 3. The molecule has 0 unspecified atom stereocenters. The summed E-state index contributed by atoms with van der Waals surface area (Å²) < 4.78 is 51.5. The maximum absolute atomic E-state index is 13.8. The molecule has 102 valence electrons. The van der Waals surface area contributed by atoms with Gasteiger partial charge in [-0.15, -0.1) is 0 Å². The quantitative estimate of drug-likeness (QED) is 0.874. The molecule has 0 fully saturated rings. The van der Waals surface area contributed by atoms with E-state index < -0.39 is 32.1 Å². The van der Waals surface area contributed by atoms with Crippen molar-refractivity contribution in [3.05, 3.63) is 65.2 Å². The largest absolute Gasteiger partial charge is 0.223 e. The predicted molar refractivity (Wildman–Crippen MR) is 68.4 cm³/mol. The molecule has 0 radical (unpaired) electrons. The fourth-order valence-corrected chi connectivity index (χ4v) is 3.20. The Labute approximate surface area is 115 Å². The van der Waals surface area contributed by atoms with Crippen molar-refractivity contribution < 1.29 is 17.2 Å². The van der Waals surface area contributed by atoms with Gasteiger partial charge < -0.3 is 0 Å². The fourth-order valence-electron chi connectivity index (χ4n) is 1.76. The third kappa shape index (κ3) is 2.68. The average molecular weight is 293 g/mol. The molecular formula is C14H9F2NO2S. The normalized spacial score (nSPS) is 11.1. The van der Waals surface area contributed by atoms with Crippen LogP contribution in [-0.4, -0.2) is 8.42 Å². The molecule has 0 heterocycles. The molecule has 3 nitrogen and oxygen atoms in total. The molecule has 0 N–H and O–H groups in total. The first-order valence-corrected chi connectivity index (χ1v) is 7.25. The molecule has 0 amide bonds. The van der Waals surface area contributed by atoms with Gasteiger partial charge in [0.25, 0.3) is 0 Å². The molecule has 20 heavy (non-hydrogen) atoms. The molecule has 0 spiro atoms. The molecule has 0 atom stereocenters. The number of nitriles is 1. The van der Waals surface area contributed by atoms with Gasteiger partial charge in [-0.25, -0.2) is 17.2 Å². The molecule has 0 bridgehead atoms. The molecule has 0 aliphatic carbocycles. The SMILES string of the molecule is N#Cc1cccc(CS(=O)(=O)c2ccccc2F)c1F. The molecule has 2 rings (SSSR count). The summed E-state index contributed by atoms with van der Waals surface area (Å²) in [5.74, 6) is -2.48. The van der Waals surface area contributed by atoms with Crippen LogP contribution in [0.2, 0.25) is 0 Å². The number of benzene rings is 2. The van der Waals surface area contributed by atoms with Crippen LogP contribution in [0.1, 0.15) is 11.1 Å². The summed E-state index contributed by atoms with van der Waals surface area (Å²) in [6, 6.07) is 10.4. The van der Waals surface area contributed by atoms with Gasteiger partial charge in [0, 0.05) is 5.56 Å². The number of halogens is 2. The zero-order chi connectivity index (χ0) is 14.8. The second-order valence-corrected chi connectivity index (χ2v) is 6.04. The summed E-state index contributed by atoms with van der Waals surface area (Å²) in [6.07, 6.45) is 0. The van der Waals surface area contributed by atoms with Gasteiger partial charge in [-0.2, -0.15) is 5.26 Å². The molecular weight excluding hydrogens is 284 g/mol. The highest BCUT2D eigenvalue weighted by Crippen LogP contribution is 2.22. The van der Waals surface area contributed by atoms with Gasteiger partial charge in [0.15, 0.2) is 9.84 Å². The van der Waals surface area contributed by atoms with Gasteiger partial charge in [-0.1, -0.05) is 24.3 Å². The minimum atomic E-state index is -4.02. The third-order valence-electron chi connectivity index (χ3n) is 2.72. The fraction of sp³-hybridized carbons (Fsp3) is 0.0714. The highest BCUT2D eigenvalue weighted by molar-refractivity contribution is 7.90. The minimum absolute atomic E-state index is 0.160. The Hall–Kier alpha value is -2.26. The van der Waals surface area contributed by atoms with Crippen LogP contribution in [0, 0.1) is 23.0 Å². The summed E-state index contributed by atoms with van der Waals surface area (Å²) in [5.41, 5.74) is -0.404. The predicted octanol–water partition coefficient (Wildman–Crippen LogP) is 2.81. The summed E-state index contributed by atoms with van der Waals surface area (Å²) in [5, 5.41) is 8.70. The molecule has 0 saturated carbocycles. The highest BCUT2D eigenvalue weighted by Gasteiger charge is 2.21. The monoisotopic (exact) mass is 293 g/mol. The van der Waals surface area contributed by atoms with Crippen LogP contribution in [0.3, 0.4) is 0 Å². The lowest BCUT2D eigenvalue weighted by Gasteiger charge is -2.07. The zero-order valence-corrected chi connectivity index (χ0v) is 11.0. The zero-order valence-electron chi connectivity index (χ0n) is 10.2. The lowest BCUT2D eigenvalue weighted by molar-refractivity contribution is 0.563. The summed E-state index contributed by atoms with van der Waals surface area (Å²) in [7, 11) is -4.02. The van der Waals surface area contributed by atoms with E-state index in [2.05, 4.69) is 0 Å². The van der Waals surface area contributed by atoms with Crippen LogP contribution in [0.4, 0.5) is 8.78 Å². The van der Waals surface area contributed by atoms with Crippen LogP contribution >= 0.6 is 0 Å². The second-order valence-electron chi connectivity index (χ2n) is 4.08. The maximum atomic E-state index is 13.8. The second kappa shape index (κ2) is 5.39. The number of rotatable bonds is 3. The number of nitrogens with zero attached hydrogens (tertiary/aromatic N) is 1. The highest BCUT2D eigenvalue weighted by atomic mass is 32.2. The van der Waals surface area contributed by atoms with Gasteiger partial charge in [0.1, 0.15) is 22.6 Å². The first-order valence-electron chi connectivity index (χ1n) is 5.60. The van der Waals surface area contributed by atoms with E-state index in [1.54, 1.807) is 6.07 Å². The Morgan fingerprint density at radius 2 is 1.75 bits per heavy atom. The van der Waals surface area contributed by atoms with E-state index in [-0.39, 0.29) is 11.1 Å². The van der Waals surface area contributed by atoms with Crippen molar-refractivity contribution in [3.8, 4) is 6.07 Å².